The van der Waals surface area contributed by atoms with Crippen molar-refractivity contribution in [3.63, 3.8) is 0 Å². The third kappa shape index (κ3) is 5.10. The van der Waals surface area contributed by atoms with Crippen LogP contribution in [0.4, 0.5) is 0 Å². The van der Waals surface area contributed by atoms with Gasteiger partial charge in [0.1, 0.15) is 11.8 Å². The minimum Gasteiger partial charge on any atom is -0.493 e. The lowest BCUT2D eigenvalue weighted by molar-refractivity contribution is -0.139. The van der Waals surface area contributed by atoms with Crippen LogP contribution in [0.15, 0.2) is 54.6 Å². The summed E-state index contributed by atoms with van der Waals surface area (Å²) >= 11 is 0. The number of carbonyl (C=O) groups is 1. The lowest BCUT2D eigenvalue weighted by Gasteiger charge is -2.15. The second-order valence-electron chi connectivity index (χ2n) is 6.36. The fraction of sp³-hybridized carbons (Fsp3) is 0.350. The molecule has 1 atom stereocenters. The molecule has 2 aromatic carbocycles. The molecule has 4 nitrogen and oxygen atoms in total. The van der Waals surface area contributed by atoms with Crippen LogP contribution in [0.1, 0.15) is 24.0 Å². The van der Waals surface area contributed by atoms with Crippen molar-refractivity contribution in [2.45, 2.75) is 31.8 Å². The first-order valence-electron chi connectivity index (χ1n) is 8.42. The Kier molecular flexibility index (Phi) is 5.49. The minimum absolute atomic E-state index is 0.471. The molecule has 126 valence electrons. The van der Waals surface area contributed by atoms with Crippen molar-refractivity contribution in [1.82, 2.24) is 5.32 Å². The standard InChI is InChI=1S/C20H23NO3/c22-20(23)19(12-15-4-2-1-3-5-15)21-13-16-8-10-18(11-9-16)24-14-17-6-7-17/h1-5,8-11,17,19,21H,6-7,12-14H2,(H,22,23)/t19-/m0/s1. The van der Waals surface area contributed by atoms with E-state index in [1.165, 1.54) is 12.8 Å². The largest absolute Gasteiger partial charge is 0.493 e. The maximum absolute atomic E-state index is 11.5. The summed E-state index contributed by atoms with van der Waals surface area (Å²) in [4.78, 5) is 11.5. The SMILES string of the molecule is O=C(O)[C@H](Cc1ccccc1)NCc1ccc(OCC2CC2)cc1. The van der Waals surface area contributed by atoms with Crippen molar-refractivity contribution in [2.75, 3.05) is 6.61 Å². The van der Waals surface area contributed by atoms with E-state index in [2.05, 4.69) is 5.32 Å². The van der Waals surface area contributed by atoms with Crippen LogP contribution < -0.4 is 10.1 Å². The topological polar surface area (TPSA) is 58.6 Å². The van der Waals surface area contributed by atoms with Gasteiger partial charge in [0.25, 0.3) is 0 Å². The van der Waals surface area contributed by atoms with E-state index in [-0.39, 0.29) is 0 Å². The predicted molar refractivity (Wildman–Crippen MR) is 93.1 cm³/mol. The molecule has 0 spiro atoms. The van der Waals surface area contributed by atoms with Crippen molar-refractivity contribution in [2.24, 2.45) is 5.92 Å². The van der Waals surface area contributed by atoms with E-state index in [0.29, 0.717) is 13.0 Å². The van der Waals surface area contributed by atoms with Gasteiger partial charge in [-0.1, -0.05) is 42.5 Å². The smallest absolute Gasteiger partial charge is 0.321 e. The van der Waals surface area contributed by atoms with E-state index < -0.39 is 12.0 Å². The first-order valence-corrected chi connectivity index (χ1v) is 8.42. The van der Waals surface area contributed by atoms with Gasteiger partial charge in [-0.25, -0.2) is 0 Å². The van der Waals surface area contributed by atoms with Gasteiger partial charge in [0.15, 0.2) is 0 Å². The molecule has 0 heterocycles. The Hall–Kier alpha value is -2.33. The molecule has 24 heavy (non-hydrogen) atoms. The van der Waals surface area contributed by atoms with Gasteiger partial charge in [0.05, 0.1) is 6.61 Å². The monoisotopic (exact) mass is 325 g/mol. The van der Waals surface area contributed by atoms with Crippen LogP contribution in [0, 0.1) is 5.92 Å². The van der Waals surface area contributed by atoms with E-state index >= 15 is 0 Å². The van der Waals surface area contributed by atoms with Gasteiger partial charge in [-0.15, -0.1) is 0 Å². The molecule has 3 rings (SSSR count). The summed E-state index contributed by atoms with van der Waals surface area (Å²) in [5, 5.41) is 12.5. The normalized spacial score (nSPS) is 15.0. The van der Waals surface area contributed by atoms with E-state index in [1.807, 2.05) is 54.6 Å². The number of ether oxygens (including phenoxy) is 1. The quantitative estimate of drug-likeness (QED) is 0.743. The fourth-order valence-corrected chi connectivity index (χ4v) is 2.54. The van der Waals surface area contributed by atoms with E-state index in [1.54, 1.807) is 0 Å². The highest BCUT2D eigenvalue weighted by Crippen LogP contribution is 2.29. The molecular formula is C20H23NO3. The third-order valence-corrected chi connectivity index (χ3v) is 4.24. The molecule has 1 aliphatic rings. The molecule has 0 aromatic heterocycles. The van der Waals surface area contributed by atoms with E-state index in [9.17, 15) is 9.90 Å². The maximum atomic E-state index is 11.5. The number of rotatable bonds is 9. The molecule has 0 saturated heterocycles. The average molecular weight is 325 g/mol. The number of benzene rings is 2. The van der Waals surface area contributed by atoms with Crippen LogP contribution in [0.25, 0.3) is 0 Å². The molecular weight excluding hydrogens is 302 g/mol. The van der Waals surface area contributed by atoms with Crippen LogP contribution in [0.5, 0.6) is 5.75 Å². The van der Waals surface area contributed by atoms with E-state index in [0.717, 1.165) is 29.4 Å². The highest BCUT2D eigenvalue weighted by molar-refractivity contribution is 5.73. The molecule has 4 heteroatoms. The first kappa shape index (κ1) is 16.5. The number of carboxylic acid groups (broad SMARTS) is 1. The number of aliphatic carboxylic acids is 1. The van der Waals surface area contributed by atoms with Gasteiger partial charge in [-0.2, -0.15) is 0 Å². The van der Waals surface area contributed by atoms with E-state index in [4.69, 9.17) is 4.74 Å². The van der Waals surface area contributed by atoms with Gasteiger partial charge in [0, 0.05) is 6.54 Å². The number of hydrogen-bond donors (Lipinski definition) is 2. The summed E-state index contributed by atoms with van der Waals surface area (Å²) in [5.74, 6) is 0.786. The molecule has 0 radical (unpaired) electrons. The first-order chi connectivity index (χ1) is 11.7. The lowest BCUT2D eigenvalue weighted by atomic mass is 10.1. The number of carboxylic acids is 1. The molecule has 0 bridgehead atoms. The Morgan fingerprint density at radius 3 is 2.42 bits per heavy atom. The van der Waals surface area contributed by atoms with Crippen LogP contribution >= 0.6 is 0 Å². The van der Waals surface area contributed by atoms with Crippen molar-refractivity contribution < 1.29 is 14.6 Å². The van der Waals surface area contributed by atoms with Gasteiger partial charge >= 0.3 is 5.97 Å². The summed E-state index contributed by atoms with van der Waals surface area (Å²) in [7, 11) is 0. The minimum atomic E-state index is -0.830. The number of hydrogen-bond acceptors (Lipinski definition) is 3. The van der Waals surface area contributed by atoms with Gasteiger partial charge in [-0.05, 0) is 48.4 Å². The Balaban J connectivity index is 1.51. The fourth-order valence-electron chi connectivity index (χ4n) is 2.54. The molecule has 1 fully saturated rings. The summed E-state index contributed by atoms with van der Waals surface area (Å²) in [6, 6.07) is 16.9. The third-order valence-electron chi connectivity index (χ3n) is 4.24. The summed E-state index contributed by atoms with van der Waals surface area (Å²) in [6.07, 6.45) is 3.03. The van der Waals surface area contributed by atoms with Crippen molar-refractivity contribution in [1.29, 1.82) is 0 Å². The van der Waals surface area contributed by atoms with Crippen molar-refractivity contribution >= 4 is 5.97 Å². The molecule has 0 unspecified atom stereocenters. The van der Waals surface area contributed by atoms with Gasteiger partial charge in [-0.3, -0.25) is 4.79 Å². The molecule has 0 aliphatic heterocycles. The van der Waals surface area contributed by atoms with Crippen molar-refractivity contribution in [3.05, 3.63) is 65.7 Å². The zero-order chi connectivity index (χ0) is 16.8. The molecule has 1 aliphatic carbocycles. The lowest BCUT2D eigenvalue weighted by Crippen LogP contribution is -2.38. The highest BCUT2D eigenvalue weighted by Gasteiger charge is 2.21. The average Bonchev–Trinajstić information content (AvgIpc) is 3.43. The molecule has 2 N–H and O–H groups in total. The zero-order valence-corrected chi connectivity index (χ0v) is 13.7. The summed E-state index contributed by atoms with van der Waals surface area (Å²) in [6.45, 7) is 1.32. The predicted octanol–water partition coefficient (Wildman–Crippen LogP) is 3.26. The summed E-state index contributed by atoms with van der Waals surface area (Å²) in [5.41, 5.74) is 2.06. The van der Waals surface area contributed by atoms with Gasteiger partial charge in [0.2, 0.25) is 0 Å². The second-order valence-corrected chi connectivity index (χ2v) is 6.36. The van der Waals surface area contributed by atoms with Crippen LogP contribution in [-0.2, 0) is 17.8 Å². The highest BCUT2D eigenvalue weighted by atomic mass is 16.5. The van der Waals surface area contributed by atoms with Gasteiger partial charge < -0.3 is 15.2 Å². The van der Waals surface area contributed by atoms with Crippen LogP contribution in [-0.4, -0.2) is 23.7 Å². The van der Waals surface area contributed by atoms with Crippen molar-refractivity contribution in [3.8, 4) is 5.75 Å². The van der Waals surface area contributed by atoms with Crippen LogP contribution in [0.3, 0.4) is 0 Å². The number of nitrogens with one attached hydrogen (secondary N) is 1. The van der Waals surface area contributed by atoms with Crippen LogP contribution in [0.2, 0.25) is 0 Å². The Morgan fingerprint density at radius 2 is 1.79 bits per heavy atom. The molecule has 1 saturated carbocycles. The summed E-state index contributed by atoms with van der Waals surface area (Å²) < 4.78 is 5.71. The Morgan fingerprint density at radius 1 is 1.08 bits per heavy atom. The molecule has 0 amide bonds. The Labute approximate surface area is 142 Å². The molecule has 2 aromatic rings. The zero-order valence-electron chi connectivity index (χ0n) is 13.7. The maximum Gasteiger partial charge on any atom is 0.321 e. The second kappa shape index (κ2) is 7.97. The Bertz CT molecular complexity index is 650.